The maximum Gasteiger partial charge on any atom is 0.141 e. The fourth-order valence-corrected chi connectivity index (χ4v) is 2.21. The molecule has 106 valence electrons. The zero-order chi connectivity index (χ0) is 13.8. The molecule has 0 aliphatic carbocycles. The van der Waals surface area contributed by atoms with Gasteiger partial charge in [0.1, 0.15) is 11.6 Å². The summed E-state index contributed by atoms with van der Waals surface area (Å²) in [4.78, 5) is 6.44. The monoisotopic (exact) mass is 267 g/mol. The SMILES string of the molecule is CC(C)NCc1cc(F)cnc1N1CCOC(C)C1. The zero-order valence-corrected chi connectivity index (χ0v) is 11.8. The van der Waals surface area contributed by atoms with E-state index >= 15 is 0 Å². The fraction of sp³-hybridized carbons (Fsp3) is 0.643. The Morgan fingerprint density at radius 1 is 1.58 bits per heavy atom. The van der Waals surface area contributed by atoms with Crippen LogP contribution in [-0.4, -0.2) is 36.8 Å². The topological polar surface area (TPSA) is 37.4 Å². The van der Waals surface area contributed by atoms with Gasteiger partial charge in [0, 0.05) is 31.2 Å². The maximum atomic E-state index is 13.4. The van der Waals surface area contributed by atoms with Crippen molar-refractivity contribution in [3.63, 3.8) is 0 Å². The van der Waals surface area contributed by atoms with Gasteiger partial charge in [-0.1, -0.05) is 13.8 Å². The summed E-state index contributed by atoms with van der Waals surface area (Å²) in [6.45, 7) is 9.11. The van der Waals surface area contributed by atoms with E-state index in [1.54, 1.807) is 6.07 Å². The first-order chi connectivity index (χ1) is 9.06. The minimum Gasteiger partial charge on any atom is -0.375 e. The molecule has 1 fully saturated rings. The Morgan fingerprint density at radius 3 is 3.05 bits per heavy atom. The van der Waals surface area contributed by atoms with Crippen molar-refractivity contribution in [1.82, 2.24) is 10.3 Å². The summed E-state index contributed by atoms with van der Waals surface area (Å²) in [6, 6.07) is 1.93. The molecule has 2 rings (SSSR count). The minimum atomic E-state index is -0.286. The molecule has 0 radical (unpaired) electrons. The minimum absolute atomic E-state index is 0.187. The number of ether oxygens (including phenoxy) is 1. The van der Waals surface area contributed by atoms with Crippen LogP contribution in [0.4, 0.5) is 10.2 Å². The normalized spacial score (nSPS) is 20.1. The lowest BCUT2D eigenvalue weighted by molar-refractivity contribution is 0.0528. The highest BCUT2D eigenvalue weighted by Crippen LogP contribution is 2.21. The van der Waals surface area contributed by atoms with Crippen molar-refractivity contribution in [2.45, 2.75) is 39.5 Å². The van der Waals surface area contributed by atoms with Gasteiger partial charge in [-0.2, -0.15) is 0 Å². The van der Waals surface area contributed by atoms with Gasteiger partial charge in [0.2, 0.25) is 0 Å². The van der Waals surface area contributed by atoms with Gasteiger partial charge >= 0.3 is 0 Å². The highest BCUT2D eigenvalue weighted by molar-refractivity contribution is 5.47. The van der Waals surface area contributed by atoms with Crippen LogP contribution in [-0.2, 0) is 11.3 Å². The van der Waals surface area contributed by atoms with Crippen LogP contribution >= 0.6 is 0 Å². The summed E-state index contributed by atoms with van der Waals surface area (Å²) in [5.74, 6) is 0.579. The third kappa shape index (κ3) is 3.88. The average Bonchev–Trinajstić information content (AvgIpc) is 2.36. The first kappa shape index (κ1) is 14.2. The molecule has 1 atom stereocenters. The van der Waals surface area contributed by atoms with Crippen LogP contribution in [0.1, 0.15) is 26.3 Å². The third-order valence-electron chi connectivity index (χ3n) is 3.15. The van der Waals surface area contributed by atoms with Crippen molar-refractivity contribution in [2.75, 3.05) is 24.6 Å². The van der Waals surface area contributed by atoms with Crippen LogP contribution in [0, 0.1) is 5.82 Å². The van der Waals surface area contributed by atoms with E-state index in [-0.39, 0.29) is 11.9 Å². The number of anilines is 1. The van der Waals surface area contributed by atoms with Gasteiger partial charge in [0.15, 0.2) is 0 Å². The molecule has 2 heterocycles. The molecule has 19 heavy (non-hydrogen) atoms. The summed E-state index contributed by atoms with van der Waals surface area (Å²) >= 11 is 0. The summed E-state index contributed by atoms with van der Waals surface area (Å²) in [7, 11) is 0. The number of nitrogens with one attached hydrogen (secondary N) is 1. The molecule has 1 unspecified atom stereocenters. The van der Waals surface area contributed by atoms with Gasteiger partial charge in [-0.15, -0.1) is 0 Å². The summed E-state index contributed by atoms with van der Waals surface area (Å²) in [5.41, 5.74) is 0.905. The number of aromatic nitrogens is 1. The number of halogens is 1. The van der Waals surface area contributed by atoms with E-state index < -0.39 is 0 Å². The average molecular weight is 267 g/mol. The molecule has 0 saturated carbocycles. The van der Waals surface area contributed by atoms with Gasteiger partial charge < -0.3 is 15.0 Å². The van der Waals surface area contributed by atoms with Gasteiger partial charge in [-0.05, 0) is 13.0 Å². The van der Waals surface area contributed by atoms with E-state index in [1.807, 2.05) is 6.92 Å². The van der Waals surface area contributed by atoms with Gasteiger partial charge in [-0.3, -0.25) is 0 Å². The molecule has 1 aromatic rings. The molecule has 0 spiro atoms. The van der Waals surface area contributed by atoms with Gasteiger partial charge in [0.05, 0.1) is 18.9 Å². The van der Waals surface area contributed by atoms with E-state index in [0.717, 1.165) is 24.5 Å². The zero-order valence-electron chi connectivity index (χ0n) is 11.8. The van der Waals surface area contributed by atoms with E-state index in [9.17, 15) is 4.39 Å². The number of morpholine rings is 1. The van der Waals surface area contributed by atoms with Crippen LogP contribution in [0.3, 0.4) is 0 Å². The smallest absolute Gasteiger partial charge is 0.141 e. The molecule has 0 amide bonds. The van der Waals surface area contributed by atoms with Crippen molar-refractivity contribution < 1.29 is 9.13 Å². The Bertz CT molecular complexity index is 425. The first-order valence-electron chi connectivity index (χ1n) is 6.80. The number of nitrogens with zero attached hydrogens (tertiary/aromatic N) is 2. The lowest BCUT2D eigenvalue weighted by Gasteiger charge is -2.33. The largest absolute Gasteiger partial charge is 0.375 e. The second-order valence-electron chi connectivity index (χ2n) is 5.30. The molecule has 4 nitrogen and oxygen atoms in total. The van der Waals surface area contributed by atoms with Gasteiger partial charge in [-0.25, -0.2) is 9.37 Å². The summed E-state index contributed by atoms with van der Waals surface area (Å²) in [5, 5.41) is 3.32. The van der Waals surface area contributed by atoms with E-state index in [2.05, 4.69) is 29.0 Å². The molecule has 1 saturated heterocycles. The molecule has 1 N–H and O–H groups in total. The highest BCUT2D eigenvalue weighted by Gasteiger charge is 2.20. The Morgan fingerprint density at radius 2 is 2.37 bits per heavy atom. The highest BCUT2D eigenvalue weighted by atomic mass is 19.1. The molecule has 0 aromatic carbocycles. The number of hydrogen-bond acceptors (Lipinski definition) is 4. The van der Waals surface area contributed by atoms with Crippen LogP contribution in [0.2, 0.25) is 0 Å². The number of rotatable bonds is 4. The number of hydrogen-bond donors (Lipinski definition) is 1. The van der Waals surface area contributed by atoms with E-state index in [0.29, 0.717) is 19.2 Å². The van der Waals surface area contributed by atoms with E-state index in [4.69, 9.17) is 4.74 Å². The van der Waals surface area contributed by atoms with Crippen LogP contribution in [0.5, 0.6) is 0 Å². The number of pyridine rings is 1. The fourth-order valence-electron chi connectivity index (χ4n) is 2.21. The third-order valence-corrected chi connectivity index (χ3v) is 3.15. The Kier molecular flexibility index (Phi) is 4.71. The molecule has 1 aliphatic rings. The second-order valence-corrected chi connectivity index (χ2v) is 5.30. The molecule has 0 bridgehead atoms. The van der Waals surface area contributed by atoms with Crippen molar-refractivity contribution in [2.24, 2.45) is 0 Å². The van der Waals surface area contributed by atoms with Crippen molar-refractivity contribution in [3.8, 4) is 0 Å². The molecular weight excluding hydrogens is 245 g/mol. The van der Waals surface area contributed by atoms with Crippen molar-refractivity contribution in [3.05, 3.63) is 23.6 Å². The molecule has 5 heteroatoms. The van der Waals surface area contributed by atoms with Crippen molar-refractivity contribution >= 4 is 5.82 Å². The van der Waals surface area contributed by atoms with Gasteiger partial charge in [0.25, 0.3) is 0 Å². The first-order valence-corrected chi connectivity index (χ1v) is 6.80. The lowest BCUT2D eigenvalue weighted by atomic mass is 10.2. The Hall–Kier alpha value is -1.20. The summed E-state index contributed by atoms with van der Waals surface area (Å²) in [6.07, 6.45) is 1.47. The second kappa shape index (κ2) is 6.30. The van der Waals surface area contributed by atoms with Crippen molar-refractivity contribution in [1.29, 1.82) is 0 Å². The summed E-state index contributed by atoms with van der Waals surface area (Å²) < 4.78 is 18.9. The Balaban J connectivity index is 2.18. The van der Waals surface area contributed by atoms with Crippen LogP contribution in [0.25, 0.3) is 0 Å². The standard InChI is InChI=1S/C14H22FN3O/c1-10(2)16-7-12-6-13(15)8-17-14(12)18-4-5-19-11(3)9-18/h6,8,10-11,16H,4-5,7,9H2,1-3H3. The molecular formula is C14H22FN3O. The maximum absolute atomic E-state index is 13.4. The predicted octanol–water partition coefficient (Wildman–Crippen LogP) is 1.94. The lowest BCUT2D eigenvalue weighted by Crippen LogP contribution is -2.42. The predicted molar refractivity (Wildman–Crippen MR) is 73.8 cm³/mol. The van der Waals surface area contributed by atoms with E-state index in [1.165, 1.54) is 6.20 Å². The molecule has 1 aliphatic heterocycles. The quantitative estimate of drug-likeness (QED) is 0.904. The van der Waals surface area contributed by atoms with Crippen LogP contribution < -0.4 is 10.2 Å². The molecule has 1 aromatic heterocycles. The van der Waals surface area contributed by atoms with Crippen LogP contribution in [0.15, 0.2) is 12.3 Å². The Labute approximate surface area is 114 Å².